The van der Waals surface area contributed by atoms with Gasteiger partial charge in [0.05, 0.1) is 4.90 Å². The van der Waals surface area contributed by atoms with Gasteiger partial charge in [0.25, 0.3) is 15.9 Å². The van der Waals surface area contributed by atoms with Crippen molar-refractivity contribution in [3.05, 3.63) is 71.5 Å². The number of hydrogen-bond donors (Lipinski definition) is 2. The second-order valence-corrected chi connectivity index (χ2v) is 8.06. The Morgan fingerprint density at radius 2 is 1.76 bits per heavy atom. The van der Waals surface area contributed by atoms with Crippen molar-refractivity contribution in [2.24, 2.45) is 0 Å². The average Bonchev–Trinajstić information content (AvgIpc) is 2.68. The molecule has 0 aliphatic rings. The second kappa shape index (κ2) is 8.89. The first-order chi connectivity index (χ1) is 13.8. The molecule has 0 saturated heterocycles. The number of rotatable bonds is 7. The molecule has 0 saturated carbocycles. The Hall–Kier alpha value is -3.17. The van der Waals surface area contributed by atoms with Crippen molar-refractivity contribution >= 4 is 39.2 Å². The first kappa shape index (κ1) is 20.6. The molecule has 10 heteroatoms. The van der Waals surface area contributed by atoms with Crippen LogP contribution in [0.5, 0.6) is 5.75 Å². The van der Waals surface area contributed by atoms with Crippen LogP contribution < -0.4 is 14.8 Å². The number of carbonyl (C=O) groups excluding carboxylic acids is 1. The number of amides is 1. The lowest BCUT2D eigenvalue weighted by atomic mass is 10.3. The van der Waals surface area contributed by atoms with Crippen LogP contribution in [0.3, 0.4) is 0 Å². The molecule has 0 fully saturated rings. The minimum atomic E-state index is -3.85. The first-order valence-corrected chi connectivity index (χ1v) is 10.3. The number of nitrogens with zero attached hydrogens (tertiary/aromatic N) is 2. The summed E-state index contributed by atoms with van der Waals surface area (Å²) in [5, 5.41) is 3.20. The first-order valence-electron chi connectivity index (χ1n) is 8.42. The van der Waals surface area contributed by atoms with Crippen molar-refractivity contribution < 1.29 is 17.9 Å². The lowest BCUT2D eigenvalue weighted by Crippen LogP contribution is -2.20. The monoisotopic (exact) mass is 432 g/mol. The predicted octanol–water partition coefficient (Wildman–Crippen LogP) is 3.26. The summed E-state index contributed by atoms with van der Waals surface area (Å²) in [7, 11) is -3.85. The average molecular weight is 433 g/mol. The molecule has 0 aliphatic carbocycles. The molecular weight excluding hydrogens is 416 g/mol. The highest BCUT2D eigenvalue weighted by Crippen LogP contribution is 2.18. The number of ether oxygens (including phenoxy) is 1. The highest BCUT2D eigenvalue weighted by molar-refractivity contribution is 7.92. The third kappa shape index (κ3) is 5.90. The summed E-state index contributed by atoms with van der Waals surface area (Å²) in [5.74, 6) is 0.110. The summed E-state index contributed by atoms with van der Waals surface area (Å²) in [6.45, 7) is 1.53. The van der Waals surface area contributed by atoms with E-state index in [1.54, 1.807) is 37.3 Å². The topological polar surface area (TPSA) is 110 Å². The molecule has 1 amide bonds. The molecule has 3 rings (SSSR count). The van der Waals surface area contributed by atoms with Crippen molar-refractivity contribution in [3.63, 3.8) is 0 Å². The van der Waals surface area contributed by atoms with Gasteiger partial charge in [0, 0.05) is 22.6 Å². The Morgan fingerprint density at radius 3 is 2.41 bits per heavy atom. The van der Waals surface area contributed by atoms with Gasteiger partial charge in [-0.15, -0.1) is 0 Å². The number of anilines is 2. The zero-order valence-electron chi connectivity index (χ0n) is 15.3. The minimum Gasteiger partial charge on any atom is -0.484 e. The number of benzene rings is 2. The van der Waals surface area contributed by atoms with Crippen LogP contribution in [-0.4, -0.2) is 30.9 Å². The molecule has 3 aromatic rings. The fraction of sp³-hybridized carbons (Fsp3) is 0.105. The maximum absolute atomic E-state index is 12.4. The van der Waals surface area contributed by atoms with Gasteiger partial charge in [-0.3, -0.25) is 4.79 Å². The van der Waals surface area contributed by atoms with E-state index in [2.05, 4.69) is 20.0 Å². The van der Waals surface area contributed by atoms with E-state index in [1.165, 1.54) is 30.5 Å². The lowest BCUT2D eigenvalue weighted by molar-refractivity contribution is -0.118. The lowest BCUT2D eigenvalue weighted by Gasteiger charge is -2.09. The quantitative estimate of drug-likeness (QED) is 0.593. The van der Waals surface area contributed by atoms with Gasteiger partial charge in [-0.25, -0.2) is 23.1 Å². The molecule has 0 atom stereocenters. The standard InChI is InChI=1S/C19H17ClN4O4S/c1-13-10-11-21-19(22-13)24-29(26,27)17-8-4-15(5-9-17)23-18(25)12-28-16-6-2-14(20)3-7-16/h2-11H,12H2,1H3,(H,23,25)(H,21,22,24). The van der Waals surface area contributed by atoms with Gasteiger partial charge in [0.15, 0.2) is 6.61 Å². The molecule has 0 bridgehead atoms. The molecule has 8 nitrogen and oxygen atoms in total. The SMILES string of the molecule is Cc1ccnc(NS(=O)(=O)c2ccc(NC(=O)COc3ccc(Cl)cc3)cc2)n1. The normalized spacial score (nSPS) is 11.0. The van der Waals surface area contributed by atoms with Crippen LogP contribution >= 0.6 is 11.6 Å². The summed E-state index contributed by atoms with van der Waals surface area (Å²) in [6, 6.07) is 14.0. The summed E-state index contributed by atoms with van der Waals surface area (Å²) in [5.41, 5.74) is 1.07. The number of aromatic nitrogens is 2. The number of hydrogen-bond acceptors (Lipinski definition) is 6. The summed E-state index contributed by atoms with van der Waals surface area (Å²) < 4.78 is 32.5. The molecule has 1 aromatic heterocycles. The van der Waals surface area contributed by atoms with E-state index in [4.69, 9.17) is 16.3 Å². The van der Waals surface area contributed by atoms with Crippen LogP contribution in [0.25, 0.3) is 0 Å². The van der Waals surface area contributed by atoms with E-state index in [9.17, 15) is 13.2 Å². The van der Waals surface area contributed by atoms with Gasteiger partial charge in [0.2, 0.25) is 5.95 Å². The smallest absolute Gasteiger partial charge is 0.264 e. The second-order valence-electron chi connectivity index (χ2n) is 5.94. The molecule has 2 aromatic carbocycles. The third-order valence-corrected chi connectivity index (χ3v) is 5.25. The van der Waals surface area contributed by atoms with Crippen molar-refractivity contribution in [1.82, 2.24) is 9.97 Å². The van der Waals surface area contributed by atoms with Crippen molar-refractivity contribution in [1.29, 1.82) is 0 Å². The van der Waals surface area contributed by atoms with E-state index in [0.717, 1.165) is 0 Å². The third-order valence-electron chi connectivity index (χ3n) is 3.65. The van der Waals surface area contributed by atoms with Gasteiger partial charge in [-0.05, 0) is 61.5 Å². The highest BCUT2D eigenvalue weighted by Gasteiger charge is 2.16. The summed E-state index contributed by atoms with van der Waals surface area (Å²) in [6.07, 6.45) is 1.46. The molecule has 150 valence electrons. The van der Waals surface area contributed by atoms with Crippen LogP contribution in [0, 0.1) is 6.92 Å². The number of nitrogens with one attached hydrogen (secondary N) is 2. The van der Waals surface area contributed by atoms with E-state index >= 15 is 0 Å². The molecular formula is C19H17ClN4O4S. The van der Waals surface area contributed by atoms with Crippen molar-refractivity contribution in [2.75, 3.05) is 16.6 Å². The van der Waals surface area contributed by atoms with E-state index in [0.29, 0.717) is 22.2 Å². The Labute approximate surface area is 173 Å². The van der Waals surface area contributed by atoms with Crippen molar-refractivity contribution in [2.45, 2.75) is 11.8 Å². The summed E-state index contributed by atoms with van der Waals surface area (Å²) in [4.78, 5) is 19.9. The van der Waals surface area contributed by atoms with Gasteiger partial charge in [-0.2, -0.15) is 0 Å². The van der Waals surface area contributed by atoms with E-state index in [-0.39, 0.29) is 23.4 Å². The fourth-order valence-electron chi connectivity index (χ4n) is 2.27. The summed E-state index contributed by atoms with van der Waals surface area (Å²) >= 11 is 5.79. The fourth-order valence-corrected chi connectivity index (χ4v) is 3.35. The Balaban J connectivity index is 1.58. The number of sulfonamides is 1. The Morgan fingerprint density at radius 1 is 1.07 bits per heavy atom. The number of carbonyl (C=O) groups is 1. The maximum Gasteiger partial charge on any atom is 0.264 e. The molecule has 2 N–H and O–H groups in total. The van der Waals surface area contributed by atoms with E-state index < -0.39 is 10.0 Å². The largest absolute Gasteiger partial charge is 0.484 e. The molecule has 1 heterocycles. The highest BCUT2D eigenvalue weighted by atomic mass is 35.5. The number of halogens is 1. The predicted molar refractivity (Wildman–Crippen MR) is 110 cm³/mol. The van der Waals surface area contributed by atoms with Crippen LogP contribution in [0.1, 0.15) is 5.69 Å². The molecule has 29 heavy (non-hydrogen) atoms. The Kier molecular flexibility index (Phi) is 6.30. The van der Waals surface area contributed by atoms with Gasteiger partial charge < -0.3 is 10.1 Å². The van der Waals surface area contributed by atoms with Crippen LogP contribution in [-0.2, 0) is 14.8 Å². The minimum absolute atomic E-state index is 0.0121. The van der Waals surface area contributed by atoms with Crippen LogP contribution in [0.2, 0.25) is 5.02 Å². The van der Waals surface area contributed by atoms with Gasteiger partial charge >= 0.3 is 0 Å². The molecule has 0 spiro atoms. The maximum atomic E-state index is 12.4. The zero-order valence-corrected chi connectivity index (χ0v) is 16.9. The van der Waals surface area contributed by atoms with Crippen molar-refractivity contribution in [3.8, 4) is 5.75 Å². The zero-order chi connectivity index (χ0) is 20.9. The van der Waals surface area contributed by atoms with E-state index in [1.807, 2.05) is 0 Å². The van der Waals surface area contributed by atoms with Crippen LogP contribution in [0.15, 0.2) is 65.7 Å². The molecule has 0 aliphatic heterocycles. The van der Waals surface area contributed by atoms with Gasteiger partial charge in [-0.1, -0.05) is 11.6 Å². The van der Waals surface area contributed by atoms with Gasteiger partial charge in [0.1, 0.15) is 5.75 Å². The number of aryl methyl sites for hydroxylation is 1. The Bertz CT molecular complexity index is 1100. The molecule has 0 unspecified atom stereocenters. The van der Waals surface area contributed by atoms with Crippen LogP contribution in [0.4, 0.5) is 11.6 Å². The molecule has 0 radical (unpaired) electrons.